The smallest absolute Gasteiger partial charge is 0.270 e. The fourth-order valence-electron chi connectivity index (χ4n) is 4.30. The predicted octanol–water partition coefficient (Wildman–Crippen LogP) is 4.18. The monoisotopic (exact) mass is 387 g/mol. The number of H-pyrrole nitrogens is 1. The summed E-state index contributed by atoms with van der Waals surface area (Å²) in [5, 5.41) is 0.708. The molecule has 28 heavy (non-hydrogen) atoms. The van der Waals surface area contributed by atoms with Crippen LogP contribution >= 0.6 is 0 Å². The maximum atomic E-state index is 14.6. The Kier molecular flexibility index (Phi) is 5.58. The van der Waals surface area contributed by atoms with Gasteiger partial charge in [0.25, 0.3) is 5.91 Å². The number of hydrogen-bond donors (Lipinski definition) is 1. The Hall–Kier alpha value is -2.08. The number of nitrogens with one attached hydrogen (secondary N) is 1. The molecule has 2 aliphatic heterocycles. The van der Waals surface area contributed by atoms with E-state index in [-0.39, 0.29) is 23.6 Å². The third kappa shape index (κ3) is 4.02. The molecule has 0 radical (unpaired) electrons. The van der Waals surface area contributed by atoms with Crippen LogP contribution in [0.1, 0.15) is 56.4 Å². The van der Waals surface area contributed by atoms with E-state index in [4.69, 9.17) is 4.74 Å². The molecule has 2 fully saturated rings. The molecule has 1 aromatic heterocycles. The van der Waals surface area contributed by atoms with Crippen molar-refractivity contribution in [1.29, 1.82) is 0 Å². The average molecular weight is 387 g/mol. The number of aromatic amines is 1. The van der Waals surface area contributed by atoms with Crippen LogP contribution in [0.3, 0.4) is 0 Å². The van der Waals surface area contributed by atoms with Gasteiger partial charge in [0.1, 0.15) is 11.8 Å². The van der Waals surface area contributed by atoms with Gasteiger partial charge in [0.2, 0.25) is 0 Å². The first-order valence-corrected chi connectivity index (χ1v) is 10.5. The maximum absolute atomic E-state index is 14.6. The average Bonchev–Trinajstić information content (AvgIpc) is 3.11. The minimum absolute atomic E-state index is 0.000154. The lowest BCUT2D eigenvalue weighted by Gasteiger charge is -2.34. The highest BCUT2D eigenvalue weighted by Crippen LogP contribution is 2.28. The van der Waals surface area contributed by atoms with E-state index in [1.165, 1.54) is 12.5 Å². The minimum Gasteiger partial charge on any atom is -0.487 e. The summed E-state index contributed by atoms with van der Waals surface area (Å²) in [5.41, 5.74) is 1.27. The van der Waals surface area contributed by atoms with Crippen LogP contribution in [0.15, 0.2) is 18.2 Å². The van der Waals surface area contributed by atoms with Crippen LogP contribution in [0.25, 0.3) is 10.9 Å². The molecule has 0 saturated carbocycles. The van der Waals surface area contributed by atoms with Crippen molar-refractivity contribution < 1.29 is 13.9 Å². The summed E-state index contributed by atoms with van der Waals surface area (Å²) in [6.07, 6.45) is 5.12. The van der Waals surface area contributed by atoms with Crippen molar-refractivity contribution in [2.24, 2.45) is 0 Å². The van der Waals surface area contributed by atoms with Crippen molar-refractivity contribution >= 4 is 16.8 Å². The zero-order chi connectivity index (χ0) is 19.7. The molecular weight excluding hydrogens is 357 g/mol. The molecule has 152 valence electrons. The summed E-state index contributed by atoms with van der Waals surface area (Å²) in [4.78, 5) is 20.2. The van der Waals surface area contributed by atoms with E-state index in [0.717, 1.165) is 57.4 Å². The Labute approximate surface area is 165 Å². The summed E-state index contributed by atoms with van der Waals surface area (Å²) in [7, 11) is 0. The number of piperidine rings is 2. The quantitative estimate of drug-likeness (QED) is 0.856. The van der Waals surface area contributed by atoms with E-state index in [0.29, 0.717) is 17.1 Å². The van der Waals surface area contributed by atoms with Gasteiger partial charge in [-0.05, 0) is 58.1 Å². The lowest BCUT2D eigenvalue weighted by molar-refractivity contribution is 0.0719. The molecular formula is C22H30FN3O2. The van der Waals surface area contributed by atoms with Crippen molar-refractivity contribution in [3.05, 3.63) is 29.7 Å². The summed E-state index contributed by atoms with van der Waals surface area (Å²) in [5.74, 6) is -0.0936. The number of carbonyl (C=O) groups excluding carboxylic acids is 1. The number of benzene rings is 1. The summed E-state index contributed by atoms with van der Waals surface area (Å²) in [6.45, 7) is 7.94. The minimum atomic E-state index is -0.366. The molecule has 1 aromatic carbocycles. The molecule has 2 aromatic rings. The fourth-order valence-corrected chi connectivity index (χ4v) is 4.30. The number of halogens is 1. The number of amides is 1. The third-order valence-corrected chi connectivity index (χ3v) is 6.05. The maximum Gasteiger partial charge on any atom is 0.270 e. The number of likely N-dealkylation sites (tertiary alicyclic amines) is 2. The molecule has 0 atom stereocenters. The van der Waals surface area contributed by atoms with E-state index in [1.807, 2.05) is 4.90 Å². The van der Waals surface area contributed by atoms with Crippen molar-refractivity contribution in [2.75, 3.05) is 26.2 Å². The SMILES string of the molecule is CC(C)N1CCC(Oc2cc3[nH]c(C(=O)N4CCCCC4)cc3cc2F)CC1. The van der Waals surface area contributed by atoms with Gasteiger partial charge in [0.05, 0.1) is 0 Å². The van der Waals surface area contributed by atoms with Crippen LogP contribution in [-0.4, -0.2) is 59.0 Å². The van der Waals surface area contributed by atoms with Gasteiger partial charge in [-0.3, -0.25) is 4.79 Å². The summed E-state index contributed by atoms with van der Waals surface area (Å²) in [6, 6.07) is 5.45. The normalized spacial score (nSPS) is 19.5. The highest BCUT2D eigenvalue weighted by atomic mass is 19.1. The van der Waals surface area contributed by atoms with Gasteiger partial charge in [-0.15, -0.1) is 0 Å². The van der Waals surface area contributed by atoms with Gasteiger partial charge in [0.15, 0.2) is 11.6 Å². The van der Waals surface area contributed by atoms with Crippen LogP contribution in [0, 0.1) is 5.82 Å². The number of hydrogen-bond acceptors (Lipinski definition) is 3. The van der Waals surface area contributed by atoms with E-state index >= 15 is 0 Å². The Bertz CT molecular complexity index is 834. The molecule has 6 heteroatoms. The van der Waals surface area contributed by atoms with Crippen molar-refractivity contribution in [3.8, 4) is 5.75 Å². The summed E-state index contributed by atoms with van der Waals surface area (Å²) < 4.78 is 20.6. The Balaban J connectivity index is 1.48. The lowest BCUT2D eigenvalue weighted by atomic mass is 10.1. The molecule has 1 N–H and O–H groups in total. The molecule has 0 spiro atoms. The molecule has 0 aliphatic carbocycles. The first-order chi connectivity index (χ1) is 13.5. The second kappa shape index (κ2) is 8.11. The molecule has 1 amide bonds. The molecule has 3 heterocycles. The highest BCUT2D eigenvalue weighted by Gasteiger charge is 2.24. The number of ether oxygens (including phenoxy) is 1. The van der Waals surface area contributed by atoms with Gasteiger partial charge in [-0.1, -0.05) is 0 Å². The number of aromatic nitrogens is 1. The topological polar surface area (TPSA) is 48.6 Å². The second-order valence-corrected chi connectivity index (χ2v) is 8.35. The van der Waals surface area contributed by atoms with E-state index in [9.17, 15) is 9.18 Å². The largest absolute Gasteiger partial charge is 0.487 e. The fraction of sp³-hybridized carbons (Fsp3) is 0.591. The first kappa shape index (κ1) is 19.2. The van der Waals surface area contributed by atoms with Crippen molar-refractivity contribution in [3.63, 3.8) is 0 Å². The van der Waals surface area contributed by atoms with Crippen LogP contribution in [0.4, 0.5) is 4.39 Å². The number of carbonyl (C=O) groups is 1. The van der Waals surface area contributed by atoms with Crippen LogP contribution in [0.2, 0.25) is 0 Å². The van der Waals surface area contributed by atoms with Crippen LogP contribution < -0.4 is 4.74 Å². The van der Waals surface area contributed by atoms with Gasteiger partial charge in [0, 0.05) is 49.2 Å². The Morgan fingerprint density at radius 2 is 1.82 bits per heavy atom. The molecule has 0 unspecified atom stereocenters. The third-order valence-electron chi connectivity index (χ3n) is 6.05. The zero-order valence-corrected chi connectivity index (χ0v) is 16.8. The van der Waals surface area contributed by atoms with Gasteiger partial charge >= 0.3 is 0 Å². The van der Waals surface area contributed by atoms with E-state index in [2.05, 4.69) is 23.7 Å². The Morgan fingerprint density at radius 1 is 1.11 bits per heavy atom. The Morgan fingerprint density at radius 3 is 2.50 bits per heavy atom. The van der Waals surface area contributed by atoms with Crippen molar-refractivity contribution in [1.82, 2.24) is 14.8 Å². The van der Waals surface area contributed by atoms with Gasteiger partial charge in [-0.2, -0.15) is 0 Å². The van der Waals surface area contributed by atoms with Crippen LogP contribution in [-0.2, 0) is 0 Å². The van der Waals surface area contributed by atoms with Gasteiger partial charge in [-0.25, -0.2) is 4.39 Å². The standard InChI is InChI=1S/C22H30FN3O2/c1-15(2)25-10-6-17(7-11-25)28-21-14-19-16(12-18(21)23)13-20(24-19)22(27)26-8-4-3-5-9-26/h12-15,17,24H,3-11H2,1-2H3. The molecule has 5 nitrogen and oxygen atoms in total. The first-order valence-electron chi connectivity index (χ1n) is 10.5. The van der Waals surface area contributed by atoms with E-state index in [1.54, 1.807) is 12.1 Å². The predicted molar refractivity (Wildman–Crippen MR) is 108 cm³/mol. The van der Waals surface area contributed by atoms with Crippen LogP contribution in [0.5, 0.6) is 5.75 Å². The molecule has 2 aliphatic rings. The zero-order valence-electron chi connectivity index (χ0n) is 16.8. The molecule has 4 rings (SSSR count). The highest BCUT2D eigenvalue weighted by molar-refractivity contribution is 5.98. The van der Waals surface area contributed by atoms with Crippen molar-refractivity contribution in [2.45, 2.75) is 58.1 Å². The van der Waals surface area contributed by atoms with E-state index < -0.39 is 0 Å². The molecule has 2 saturated heterocycles. The number of nitrogens with zero attached hydrogens (tertiary/aromatic N) is 2. The number of rotatable bonds is 4. The second-order valence-electron chi connectivity index (χ2n) is 8.35. The number of fused-ring (bicyclic) bond motifs is 1. The summed E-state index contributed by atoms with van der Waals surface area (Å²) >= 11 is 0. The van der Waals surface area contributed by atoms with Gasteiger partial charge < -0.3 is 19.5 Å². The lowest BCUT2D eigenvalue weighted by Crippen LogP contribution is -2.41. The molecule has 0 bridgehead atoms.